The van der Waals surface area contributed by atoms with Gasteiger partial charge in [0.2, 0.25) is 11.7 Å². The number of nitrogens with one attached hydrogen (secondary N) is 1. The van der Waals surface area contributed by atoms with Crippen LogP contribution in [0.25, 0.3) is 5.70 Å². The molecular formula is C29H28N4O4. The second-order valence-corrected chi connectivity index (χ2v) is 9.25. The maximum absolute atomic E-state index is 6.77. The summed E-state index contributed by atoms with van der Waals surface area (Å²) in [4.78, 5) is 4.52. The van der Waals surface area contributed by atoms with Gasteiger partial charge in [-0.3, -0.25) is 0 Å². The number of rotatable bonds is 5. The summed E-state index contributed by atoms with van der Waals surface area (Å²) < 4.78 is 25.6. The predicted octanol–water partition coefficient (Wildman–Crippen LogP) is 5.48. The zero-order valence-corrected chi connectivity index (χ0v) is 21.4. The lowest BCUT2D eigenvalue weighted by molar-refractivity contribution is 0.221. The summed E-state index contributed by atoms with van der Waals surface area (Å²) in [6, 6.07) is 18.4. The number of ether oxygens (including phenoxy) is 4. The maximum Gasteiger partial charge on any atom is 0.226 e. The lowest BCUT2D eigenvalue weighted by Gasteiger charge is -2.39. The van der Waals surface area contributed by atoms with Crippen LogP contribution in [0.2, 0.25) is 0 Å². The molecule has 4 aromatic rings. The minimum atomic E-state index is -0.463. The van der Waals surface area contributed by atoms with Crippen molar-refractivity contribution in [3.8, 4) is 23.0 Å². The minimum Gasteiger partial charge on any atom is -0.493 e. The van der Waals surface area contributed by atoms with E-state index >= 15 is 0 Å². The summed E-state index contributed by atoms with van der Waals surface area (Å²) in [6.45, 7) is 4.16. The third kappa shape index (κ3) is 3.67. The summed E-state index contributed by atoms with van der Waals surface area (Å²) in [7, 11) is 4.83. The van der Waals surface area contributed by atoms with E-state index in [1.165, 1.54) is 5.56 Å². The minimum absolute atomic E-state index is 0.243. The van der Waals surface area contributed by atoms with Crippen LogP contribution in [0.4, 0.5) is 5.95 Å². The van der Waals surface area contributed by atoms with Crippen molar-refractivity contribution in [1.29, 1.82) is 0 Å². The Labute approximate surface area is 215 Å². The Morgan fingerprint density at radius 3 is 2.22 bits per heavy atom. The fraction of sp³-hybridized carbons (Fsp3) is 0.241. The van der Waals surface area contributed by atoms with Gasteiger partial charge < -0.3 is 24.3 Å². The molecule has 8 heteroatoms. The lowest BCUT2D eigenvalue weighted by atomic mass is 9.84. The molecule has 2 aliphatic heterocycles. The first kappa shape index (κ1) is 23.0. The molecule has 0 bridgehead atoms. The third-order valence-corrected chi connectivity index (χ3v) is 6.95. The molecule has 0 saturated carbocycles. The van der Waals surface area contributed by atoms with Gasteiger partial charge in [0.25, 0.3) is 0 Å². The highest BCUT2D eigenvalue weighted by Crippen LogP contribution is 2.52. The Hall–Kier alpha value is -4.46. The Bertz CT molecular complexity index is 1500. The van der Waals surface area contributed by atoms with Gasteiger partial charge in [0.15, 0.2) is 11.5 Å². The van der Waals surface area contributed by atoms with Gasteiger partial charge in [0.05, 0.1) is 27.0 Å². The molecule has 6 rings (SSSR count). The zero-order chi connectivity index (χ0) is 25.7. The van der Waals surface area contributed by atoms with Gasteiger partial charge in [-0.05, 0) is 43.7 Å². The second kappa shape index (κ2) is 8.89. The number of hydrogen-bond acceptors (Lipinski definition) is 7. The van der Waals surface area contributed by atoms with Crippen molar-refractivity contribution >= 4 is 11.6 Å². The first-order valence-electron chi connectivity index (χ1n) is 12.1. The van der Waals surface area contributed by atoms with Crippen molar-refractivity contribution in [2.75, 3.05) is 26.6 Å². The molecule has 0 saturated heterocycles. The molecule has 0 aliphatic carbocycles. The molecular weight excluding hydrogens is 468 g/mol. The van der Waals surface area contributed by atoms with Gasteiger partial charge in [-0.2, -0.15) is 10.1 Å². The molecule has 2 unspecified atom stereocenters. The van der Waals surface area contributed by atoms with E-state index in [1.807, 2.05) is 22.9 Å². The standard InChI is InChI=1S/C29H28N4O4/c1-16-6-9-18(10-7-16)26-24-25(32-29-30-15-31-33(26)29)20-12-17(2)8-11-21(20)37-27(24)19-13-22(34-3)28(36-5)23(14-19)35-4/h6-15,26-27H,1-5H3,(H,30,31,32). The monoisotopic (exact) mass is 496 g/mol. The molecule has 0 spiro atoms. The van der Waals surface area contributed by atoms with Gasteiger partial charge >= 0.3 is 0 Å². The van der Waals surface area contributed by atoms with E-state index in [0.717, 1.165) is 39.3 Å². The number of methoxy groups -OCH3 is 3. The number of aromatic nitrogens is 3. The van der Waals surface area contributed by atoms with Crippen LogP contribution in [0.5, 0.6) is 23.0 Å². The topological polar surface area (TPSA) is 79.7 Å². The molecule has 0 amide bonds. The molecule has 2 aliphatic rings. The molecule has 0 fully saturated rings. The van der Waals surface area contributed by atoms with Gasteiger partial charge in [-0.1, -0.05) is 41.5 Å². The highest BCUT2D eigenvalue weighted by Gasteiger charge is 2.41. The molecule has 1 aromatic heterocycles. The molecule has 8 nitrogen and oxygen atoms in total. The molecule has 2 atom stereocenters. The molecule has 37 heavy (non-hydrogen) atoms. The molecule has 3 aromatic carbocycles. The first-order valence-corrected chi connectivity index (χ1v) is 12.1. The van der Waals surface area contributed by atoms with E-state index in [0.29, 0.717) is 23.2 Å². The average Bonchev–Trinajstić information content (AvgIpc) is 3.39. The number of aryl methyl sites for hydroxylation is 2. The van der Waals surface area contributed by atoms with Gasteiger partial charge in [-0.25, -0.2) is 4.68 Å². The van der Waals surface area contributed by atoms with E-state index < -0.39 is 6.10 Å². The predicted molar refractivity (Wildman–Crippen MR) is 141 cm³/mol. The van der Waals surface area contributed by atoms with Crippen molar-refractivity contribution in [1.82, 2.24) is 14.8 Å². The van der Waals surface area contributed by atoms with Crippen molar-refractivity contribution in [3.63, 3.8) is 0 Å². The van der Waals surface area contributed by atoms with Gasteiger partial charge in [-0.15, -0.1) is 0 Å². The normalized spacial score (nSPS) is 17.6. The van der Waals surface area contributed by atoms with Crippen molar-refractivity contribution in [2.45, 2.75) is 26.0 Å². The van der Waals surface area contributed by atoms with Crippen molar-refractivity contribution < 1.29 is 18.9 Å². The molecule has 3 heterocycles. The van der Waals surface area contributed by atoms with Crippen LogP contribution >= 0.6 is 0 Å². The smallest absolute Gasteiger partial charge is 0.226 e. The van der Waals surface area contributed by atoms with Crippen LogP contribution in [0.3, 0.4) is 0 Å². The molecule has 188 valence electrons. The number of hydrogen-bond donors (Lipinski definition) is 1. The fourth-order valence-electron chi connectivity index (χ4n) is 5.18. The number of benzene rings is 3. The molecule has 1 N–H and O–H groups in total. The second-order valence-electron chi connectivity index (χ2n) is 9.25. The van der Waals surface area contributed by atoms with E-state index in [-0.39, 0.29) is 6.04 Å². The Balaban J connectivity index is 1.63. The van der Waals surface area contributed by atoms with E-state index in [4.69, 9.17) is 18.9 Å². The summed E-state index contributed by atoms with van der Waals surface area (Å²) in [5.41, 5.74) is 7.27. The lowest BCUT2D eigenvalue weighted by Crippen LogP contribution is -2.32. The Morgan fingerprint density at radius 1 is 0.838 bits per heavy atom. The number of nitrogens with zero attached hydrogens (tertiary/aromatic N) is 3. The summed E-state index contributed by atoms with van der Waals surface area (Å²) in [5.74, 6) is 3.13. The summed E-state index contributed by atoms with van der Waals surface area (Å²) in [5, 5.41) is 8.16. The van der Waals surface area contributed by atoms with Crippen LogP contribution in [-0.2, 0) is 0 Å². The Morgan fingerprint density at radius 2 is 1.54 bits per heavy atom. The zero-order valence-electron chi connectivity index (χ0n) is 21.4. The van der Waals surface area contributed by atoms with E-state index in [1.54, 1.807) is 27.7 Å². The summed E-state index contributed by atoms with van der Waals surface area (Å²) >= 11 is 0. The average molecular weight is 497 g/mol. The Kier molecular flexibility index (Phi) is 5.52. The van der Waals surface area contributed by atoms with Gasteiger partial charge in [0, 0.05) is 16.7 Å². The number of anilines is 1. The van der Waals surface area contributed by atoms with Crippen LogP contribution < -0.4 is 24.3 Å². The number of fused-ring (bicyclic) bond motifs is 3. The highest BCUT2D eigenvalue weighted by molar-refractivity contribution is 5.85. The maximum atomic E-state index is 6.77. The molecule has 0 radical (unpaired) electrons. The fourth-order valence-corrected chi connectivity index (χ4v) is 5.18. The van der Waals surface area contributed by atoms with Gasteiger partial charge in [0.1, 0.15) is 24.2 Å². The first-order chi connectivity index (χ1) is 18.0. The SMILES string of the molecule is COc1cc(C2Oc3ccc(C)cc3C3=C2C(c2ccc(C)cc2)n2ncnc2N3)cc(OC)c1OC. The van der Waals surface area contributed by atoms with Crippen molar-refractivity contribution in [2.24, 2.45) is 0 Å². The van der Waals surface area contributed by atoms with Crippen LogP contribution in [0.15, 0.2) is 66.5 Å². The van der Waals surface area contributed by atoms with Crippen LogP contribution in [0.1, 0.15) is 40.0 Å². The largest absolute Gasteiger partial charge is 0.493 e. The summed E-state index contributed by atoms with van der Waals surface area (Å²) in [6.07, 6.45) is 1.11. The van der Waals surface area contributed by atoms with E-state index in [2.05, 4.69) is 65.6 Å². The van der Waals surface area contributed by atoms with Crippen LogP contribution in [0, 0.1) is 13.8 Å². The quantitative estimate of drug-likeness (QED) is 0.392. The van der Waals surface area contributed by atoms with Crippen molar-refractivity contribution in [3.05, 3.63) is 94.3 Å². The highest BCUT2D eigenvalue weighted by atomic mass is 16.5. The third-order valence-electron chi connectivity index (χ3n) is 6.95. The van der Waals surface area contributed by atoms with E-state index in [9.17, 15) is 0 Å². The van der Waals surface area contributed by atoms with Crippen LogP contribution in [-0.4, -0.2) is 36.1 Å².